The molecule has 0 radical (unpaired) electrons. The minimum Gasteiger partial charge on any atom is -0.493 e. The topological polar surface area (TPSA) is 120 Å². The smallest absolute Gasteiger partial charge is 0.330 e. The van der Waals surface area contributed by atoms with Crippen LogP contribution in [0.4, 0.5) is 11.5 Å². The van der Waals surface area contributed by atoms with Crippen LogP contribution >= 0.6 is 0 Å². The first kappa shape index (κ1) is 25.8. The van der Waals surface area contributed by atoms with Gasteiger partial charge in [0, 0.05) is 24.2 Å². The molecule has 33 heavy (non-hydrogen) atoms. The van der Waals surface area contributed by atoms with Crippen molar-refractivity contribution in [3.05, 3.63) is 56.8 Å². The number of benzene rings is 1. The minimum atomic E-state index is -0.710. The maximum absolute atomic E-state index is 13.7. The molecule has 3 N–H and O–H groups in total. The zero-order chi connectivity index (χ0) is 24.9. The summed E-state index contributed by atoms with van der Waals surface area (Å²) in [6.45, 7) is 12.0. The molecule has 0 aliphatic carbocycles. The molecule has 1 aromatic heterocycles. The van der Waals surface area contributed by atoms with Crippen molar-refractivity contribution in [3.63, 3.8) is 0 Å². The number of ether oxygens (including phenoxy) is 2. The monoisotopic (exact) mass is 458 g/mol. The van der Waals surface area contributed by atoms with E-state index in [9.17, 15) is 14.4 Å². The molecule has 180 valence electrons. The molecule has 0 bridgehead atoms. The van der Waals surface area contributed by atoms with Crippen LogP contribution in [-0.2, 0) is 13.0 Å². The van der Waals surface area contributed by atoms with Crippen LogP contribution in [-0.4, -0.2) is 36.2 Å². The third-order valence-corrected chi connectivity index (χ3v) is 4.99. The molecular formula is C24H34N4O5. The van der Waals surface area contributed by atoms with Gasteiger partial charge < -0.3 is 20.1 Å². The van der Waals surface area contributed by atoms with Crippen molar-refractivity contribution in [3.8, 4) is 11.5 Å². The van der Waals surface area contributed by atoms with E-state index in [4.69, 9.17) is 15.2 Å². The summed E-state index contributed by atoms with van der Waals surface area (Å²) in [5.41, 5.74) is 5.94. The van der Waals surface area contributed by atoms with Gasteiger partial charge in [0.2, 0.25) is 0 Å². The van der Waals surface area contributed by atoms with Gasteiger partial charge >= 0.3 is 5.69 Å². The second kappa shape index (κ2) is 10.9. The number of aromatic nitrogens is 2. The molecule has 0 unspecified atom stereocenters. The highest BCUT2D eigenvalue weighted by Gasteiger charge is 2.27. The van der Waals surface area contributed by atoms with E-state index in [0.717, 1.165) is 0 Å². The van der Waals surface area contributed by atoms with E-state index in [2.05, 4.69) is 11.6 Å². The zero-order valence-electron chi connectivity index (χ0n) is 20.2. The van der Waals surface area contributed by atoms with Crippen LogP contribution in [0.25, 0.3) is 0 Å². The largest absolute Gasteiger partial charge is 0.493 e. The number of nitrogens with zero attached hydrogens (tertiary/aromatic N) is 2. The van der Waals surface area contributed by atoms with Crippen LogP contribution in [0.5, 0.6) is 11.5 Å². The highest BCUT2D eigenvalue weighted by Crippen LogP contribution is 2.34. The number of hydrogen-bond acceptors (Lipinski definition) is 6. The number of allylic oxidation sites excluding steroid dienone is 1. The first-order valence-corrected chi connectivity index (χ1v) is 10.9. The van der Waals surface area contributed by atoms with Gasteiger partial charge in [-0.2, -0.15) is 0 Å². The van der Waals surface area contributed by atoms with Crippen LogP contribution in [0.1, 0.15) is 43.6 Å². The highest BCUT2D eigenvalue weighted by atomic mass is 16.5. The number of aromatic amines is 1. The summed E-state index contributed by atoms with van der Waals surface area (Å²) in [6, 6.07) is 3.25. The Hall–Kier alpha value is -3.49. The average molecular weight is 459 g/mol. The molecule has 0 aliphatic heterocycles. The normalized spacial score (nSPS) is 11.0. The molecule has 1 aromatic carbocycles. The van der Waals surface area contributed by atoms with Gasteiger partial charge in [0.15, 0.2) is 17.2 Å². The number of carbonyl (C=O) groups excluding carboxylic acids is 1. The Morgan fingerprint density at radius 1 is 1.18 bits per heavy atom. The molecule has 2 rings (SSSR count). The summed E-state index contributed by atoms with van der Waals surface area (Å²) in [5, 5.41) is 0. The van der Waals surface area contributed by atoms with Gasteiger partial charge in [0.05, 0.1) is 14.2 Å². The van der Waals surface area contributed by atoms with Gasteiger partial charge in [-0.05, 0) is 30.4 Å². The van der Waals surface area contributed by atoms with Gasteiger partial charge in [-0.15, -0.1) is 6.58 Å². The van der Waals surface area contributed by atoms with Crippen molar-refractivity contribution < 1.29 is 14.3 Å². The van der Waals surface area contributed by atoms with Crippen LogP contribution in [0.2, 0.25) is 0 Å². The van der Waals surface area contributed by atoms with Crippen molar-refractivity contribution >= 4 is 17.4 Å². The van der Waals surface area contributed by atoms with E-state index in [1.807, 2.05) is 27.7 Å². The van der Waals surface area contributed by atoms with Crippen molar-refractivity contribution in [1.82, 2.24) is 9.55 Å². The van der Waals surface area contributed by atoms with E-state index in [1.54, 1.807) is 18.2 Å². The van der Waals surface area contributed by atoms with Crippen LogP contribution in [0, 0.1) is 11.8 Å². The van der Waals surface area contributed by atoms with E-state index in [0.29, 0.717) is 35.6 Å². The molecular weight excluding hydrogens is 424 g/mol. The molecule has 9 heteroatoms. The first-order chi connectivity index (χ1) is 15.5. The molecule has 0 saturated carbocycles. The lowest BCUT2D eigenvalue weighted by atomic mass is 10.0. The summed E-state index contributed by atoms with van der Waals surface area (Å²) >= 11 is 0. The molecule has 2 aromatic rings. The lowest BCUT2D eigenvalue weighted by Gasteiger charge is -2.27. The number of nitrogens with two attached hydrogens (primary N) is 1. The number of amides is 1. The Labute approximate surface area is 193 Å². The van der Waals surface area contributed by atoms with Gasteiger partial charge in [-0.25, -0.2) is 4.79 Å². The van der Waals surface area contributed by atoms with Crippen molar-refractivity contribution in [2.45, 2.75) is 40.7 Å². The fraction of sp³-hybridized carbons (Fsp3) is 0.458. The van der Waals surface area contributed by atoms with Crippen molar-refractivity contribution in [1.29, 1.82) is 0 Å². The number of H-pyrrole nitrogens is 1. The fourth-order valence-electron chi connectivity index (χ4n) is 3.66. The Bertz CT molecular complexity index is 1130. The number of methoxy groups -OCH3 is 2. The molecule has 0 saturated heterocycles. The lowest BCUT2D eigenvalue weighted by molar-refractivity contribution is 0.0983. The minimum absolute atomic E-state index is 0.0195. The first-order valence-electron chi connectivity index (χ1n) is 10.9. The second-order valence-corrected chi connectivity index (χ2v) is 8.67. The SMILES string of the molecule is C=CCc1cc(C(=O)N(CC(C)C)c2c(N)n(CC(C)C)c(=O)[nH]c2=O)cc(OC)c1OC. The Morgan fingerprint density at radius 3 is 2.36 bits per heavy atom. The number of anilines is 2. The lowest BCUT2D eigenvalue weighted by Crippen LogP contribution is -2.43. The molecule has 9 nitrogen and oxygen atoms in total. The second-order valence-electron chi connectivity index (χ2n) is 8.67. The molecule has 0 spiro atoms. The molecule has 0 aliphatic rings. The Kier molecular flexibility index (Phi) is 8.50. The molecule has 0 fully saturated rings. The maximum atomic E-state index is 13.7. The third kappa shape index (κ3) is 5.66. The fourth-order valence-corrected chi connectivity index (χ4v) is 3.66. The summed E-state index contributed by atoms with van der Waals surface area (Å²) < 4.78 is 12.2. The molecule has 1 amide bonds. The molecule has 0 atom stereocenters. The van der Waals surface area contributed by atoms with E-state index < -0.39 is 17.2 Å². The number of nitrogens with one attached hydrogen (secondary N) is 1. The number of nitrogen functional groups attached to an aromatic ring is 1. The van der Waals surface area contributed by atoms with Crippen LogP contribution in [0.15, 0.2) is 34.4 Å². The van der Waals surface area contributed by atoms with Gasteiger partial charge in [0.1, 0.15) is 5.82 Å². The average Bonchev–Trinajstić information content (AvgIpc) is 2.74. The third-order valence-electron chi connectivity index (χ3n) is 4.99. The number of rotatable bonds is 10. The standard InChI is InChI=1S/C24H34N4O5/c1-8-9-16-10-17(11-18(32-6)20(16)33-7)23(30)27(12-14(2)3)19-21(25)28(13-15(4)5)24(31)26-22(19)29/h8,10-11,14-15H,1,9,12-13,25H2,2-7H3,(H,26,29,31). The van der Waals surface area contributed by atoms with E-state index in [-0.39, 0.29) is 29.9 Å². The quantitative estimate of drug-likeness (QED) is 0.528. The number of carbonyl (C=O) groups is 1. The molecule has 1 heterocycles. The van der Waals surface area contributed by atoms with Gasteiger partial charge in [0.25, 0.3) is 11.5 Å². The summed E-state index contributed by atoms with van der Waals surface area (Å²) in [6.07, 6.45) is 2.15. The highest BCUT2D eigenvalue weighted by molar-refractivity contribution is 6.07. The summed E-state index contributed by atoms with van der Waals surface area (Å²) in [5.74, 6) is 0.528. The predicted octanol–water partition coefficient (Wildman–Crippen LogP) is 2.82. The maximum Gasteiger partial charge on any atom is 0.330 e. The van der Waals surface area contributed by atoms with Crippen molar-refractivity contribution in [2.75, 3.05) is 31.4 Å². The Morgan fingerprint density at radius 2 is 1.85 bits per heavy atom. The van der Waals surface area contributed by atoms with Gasteiger partial charge in [-0.1, -0.05) is 33.8 Å². The summed E-state index contributed by atoms with van der Waals surface area (Å²) in [7, 11) is 3.01. The zero-order valence-corrected chi connectivity index (χ0v) is 20.2. The van der Waals surface area contributed by atoms with Crippen LogP contribution in [0.3, 0.4) is 0 Å². The van der Waals surface area contributed by atoms with E-state index in [1.165, 1.54) is 23.7 Å². The van der Waals surface area contributed by atoms with Gasteiger partial charge in [-0.3, -0.25) is 19.1 Å². The summed E-state index contributed by atoms with van der Waals surface area (Å²) in [4.78, 5) is 42.6. The van der Waals surface area contributed by atoms with Crippen LogP contribution < -0.4 is 31.4 Å². The van der Waals surface area contributed by atoms with E-state index >= 15 is 0 Å². The number of hydrogen-bond donors (Lipinski definition) is 2. The predicted molar refractivity (Wildman–Crippen MR) is 131 cm³/mol. The van der Waals surface area contributed by atoms with Crippen molar-refractivity contribution in [2.24, 2.45) is 11.8 Å². The Balaban J connectivity index is 2.74.